The number of aromatic nitrogens is 2. The number of rotatable bonds is 3. The highest BCUT2D eigenvalue weighted by Gasteiger charge is 2.20. The van der Waals surface area contributed by atoms with Crippen molar-refractivity contribution >= 4 is 39.2 Å². The lowest BCUT2D eigenvalue weighted by molar-refractivity contribution is 0.0697. The van der Waals surface area contributed by atoms with Crippen molar-refractivity contribution in [2.75, 3.05) is 0 Å². The molecule has 4 rings (SSSR count). The third-order valence-electron chi connectivity index (χ3n) is 4.67. The topological polar surface area (TPSA) is 107 Å². The number of carboxylic acids is 1. The summed E-state index contributed by atoms with van der Waals surface area (Å²) in [5.41, 5.74) is 1.95. The summed E-state index contributed by atoms with van der Waals surface area (Å²) in [6.07, 6.45) is 5.66. The van der Waals surface area contributed by atoms with Gasteiger partial charge in [0.2, 0.25) is 0 Å². The van der Waals surface area contributed by atoms with Crippen molar-refractivity contribution in [3.8, 4) is 6.07 Å². The number of benzene rings is 1. The molecule has 27 heavy (non-hydrogen) atoms. The monoisotopic (exact) mass is 377 g/mol. The Morgan fingerprint density at radius 1 is 1.26 bits per heavy atom. The van der Waals surface area contributed by atoms with Crippen molar-refractivity contribution < 1.29 is 9.90 Å². The molecule has 7 heteroatoms. The molecule has 0 saturated carbocycles. The number of fused-ring (bicyclic) bond motifs is 3. The van der Waals surface area contributed by atoms with Crippen molar-refractivity contribution in [1.82, 2.24) is 9.97 Å². The fourth-order valence-corrected chi connectivity index (χ4v) is 4.60. The molecule has 0 bridgehead atoms. The maximum absolute atomic E-state index is 12.6. The molecule has 1 aliphatic rings. The van der Waals surface area contributed by atoms with Crippen LogP contribution >= 0.6 is 11.3 Å². The first-order valence-electron chi connectivity index (χ1n) is 8.57. The van der Waals surface area contributed by atoms with E-state index < -0.39 is 5.97 Å². The highest BCUT2D eigenvalue weighted by molar-refractivity contribution is 7.18. The number of carbonyl (C=O) groups is 1. The molecular formula is C20H15N3O3S. The van der Waals surface area contributed by atoms with Crippen molar-refractivity contribution in [3.63, 3.8) is 0 Å². The first-order chi connectivity index (χ1) is 13.1. The molecule has 134 valence electrons. The molecule has 0 fully saturated rings. The van der Waals surface area contributed by atoms with E-state index in [9.17, 15) is 14.9 Å². The summed E-state index contributed by atoms with van der Waals surface area (Å²) in [5, 5.41) is 19.2. The molecule has 0 unspecified atom stereocenters. The van der Waals surface area contributed by atoms with Crippen LogP contribution in [-0.2, 0) is 12.8 Å². The summed E-state index contributed by atoms with van der Waals surface area (Å²) in [4.78, 5) is 32.7. The van der Waals surface area contributed by atoms with Crippen LogP contribution in [0, 0.1) is 11.3 Å². The van der Waals surface area contributed by atoms with Crippen LogP contribution in [0.15, 0.2) is 29.1 Å². The third-order valence-corrected chi connectivity index (χ3v) is 5.85. The summed E-state index contributed by atoms with van der Waals surface area (Å²) in [7, 11) is 0. The number of aryl methyl sites for hydroxylation is 2. The van der Waals surface area contributed by atoms with Gasteiger partial charge in [-0.15, -0.1) is 11.3 Å². The molecule has 2 N–H and O–H groups in total. The van der Waals surface area contributed by atoms with Gasteiger partial charge in [-0.25, -0.2) is 9.78 Å². The first-order valence-corrected chi connectivity index (χ1v) is 9.38. The fraction of sp³-hybridized carbons (Fsp3) is 0.200. The smallest absolute Gasteiger partial charge is 0.335 e. The predicted molar refractivity (Wildman–Crippen MR) is 104 cm³/mol. The highest BCUT2D eigenvalue weighted by atomic mass is 32.1. The zero-order chi connectivity index (χ0) is 19.0. The number of nitrogens with one attached hydrogen (secondary N) is 1. The van der Waals surface area contributed by atoms with Crippen molar-refractivity contribution in [2.45, 2.75) is 25.7 Å². The molecule has 6 nitrogen and oxygen atoms in total. The van der Waals surface area contributed by atoms with Crippen LogP contribution in [0.5, 0.6) is 0 Å². The van der Waals surface area contributed by atoms with Crippen LogP contribution in [0.4, 0.5) is 0 Å². The van der Waals surface area contributed by atoms with Gasteiger partial charge in [0.15, 0.2) is 5.82 Å². The molecule has 0 saturated heterocycles. The van der Waals surface area contributed by atoms with Gasteiger partial charge in [-0.1, -0.05) is 12.1 Å². The Kier molecular flexibility index (Phi) is 4.34. The zero-order valence-corrected chi connectivity index (χ0v) is 15.1. The number of aromatic carboxylic acids is 1. The van der Waals surface area contributed by atoms with Crippen LogP contribution in [0.3, 0.4) is 0 Å². The number of hydrogen-bond donors (Lipinski definition) is 2. The first kappa shape index (κ1) is 17.2. The number of nitrogens with zero attached hydrogens (tertiary/aromatic N) is 2. The summed E-state index contributed by atoms with van der Waals surface area (Å²) in [5.74, 6) is -0.778. The van der Waals surface area contributed by atoms with Crippen molar-refractivity contribution in [3.05, 3.63) is 62.0 Å². The van der Waals surface area contributed by atoms with Gasteiger partial charge >= 0.3 is 5.97 Å². The number of hydrogen-bond acceptors (Lipinski definition) is 5. The minimum Gasteiger partial charge on any atom is -0.478 e. The second-order valence-electron chi connectivity index (χ2n) is 6.40. The van der Waals surface area contributed by atoms with Gasteiger partial charge < -0.3 is 10.1 Å². The summed E-state index contributed by atoms with van der Waals surface area (Å²) in [6.45, 7) is 0. The molecule has 1 aromatic carbocycles. The summed E-state index contributed by atoms with van der Waals surface area (Å²) >= 11 is 1.53. The number of thiophene rings is 1. The maximum atomic E-state index is 12.6. The SMILES string of the molecule is N#C/C(=C\c1ccc(C(=O)O)cc1)c1nc2sc3c(c2c(=O)[nH]1)CCCC3. The van der Waals surface area contributed by atoms with Crippen LogP contribution in [0.25, 0.3) is 21.9 Å². The largest absolute Gasteiger partial charge is 0.478 e. The molecule has 0 atom stereocenters. The standard InChI is InChI=1S/C20H15N3O3S/c21-10-13(9-11-5-7-12(8-6-11)20(25)26)17-22-18(24)16-14-3-1-2-4-15(14)27-19(16)23-17/h5-9H,1-4H2,(H,25,26)(H,22,23,24)/b13-9+. The van der Waals surface area contributed by atoms with Crippen LogP contribution in [-0.4, -0.2) is 21.0 Å². The predicted octanol–water partition coefficient (Wildman–Crippen LogP) is 3.63. The van der Waals surface area contributed by atoms with E-state index in [1.54, 1.807) is 18.2 Å². The van der Waals surface area contributed by atoms with E-state index in [4.69, 9.17) is 5.11 Å². The lowest BCUT2D eigenvalue weighted by atomic mass is 9.97. The number of nitriles is 1. The molecule has 1 aliphatic carbocycles. The van der Waals surface area contributed by atoms with E-state index in [0.717, 1.165) is 31.2 Å². The van der Waals surface area contributed by atoms with Gasteiger partial charge in [0, 0.05) is 4.88 Å². The Labute approximate surface area is 158 Å². The normalized spacial score (nSPS) is 14.0. The summed E-state index contributed by atoms with van der Waals surface area (Å²) in [6, 6.07) is 8.24. The average Bonchev–Trinajstić information content (AvgIpc) is 3.05. The number of aromatic amines is 1. The number of carboxylic acid groups (broad SMARTS) is 1. The molecule has 0 spiro atoms. The lowest BCUT2D eigenvalue weighted by Crippen LogP contribution is -2.12. The Hall–Kier alpha value is -3.24. The third kappa shape index (κ3) is 3.15. The van der Waals surface area contributed by atoms with Gasteiger partial charge in [-0.05, 0) is 55.0 Å². The molecule has 0 aliphatic heterocycles. The van der Waals surface area contributed by atoms with Crippen LogP contribution in [0.2, 0.25) is 0 Å². The van der Waals surface area contributed by atoms with Gasteiger partial charge in [-0.2, -0.15) is 5.26 Å². The van der Waals surface area contributed by atoms with Gasteiger partial charge in [0.25, 0.3) is 5.56 Å². The molecule has 2 aromatic heterocycles. The number of H-pyrrole nitrogens is 1. The van der Waals surface area contributed by atoms with E-state index in [2.05, 4.69) is 16.0 Å². The summed E-state index contributed by atoms with van der Waals surface area (Å²) < 4.78 is 0. The quantitative estimate of drug-likeness (QED) is 0.678. The van der Waals surface area contributed by atoms with Crippen molar-refractivity contribution in [2.24, 2.45) is 0 Å². The van der Waals surface area contributed by atoms with Gasteiger partial charge in [0.05, 0.1) is 16.5 Å². The Balaban J connectivity index is 1.78. The zero-order valence-electron chi connectivity index (χ0n) is 14.3. The van der Waals surface area contributed by atoms with Crippen molar-refractivity contribution in [1.29, 1.82) is 5.26 Å². The molecular weight excluding hydrogens is 362 g/mol. The Morgan fingerprint density at radius 3 is 2.70 bits per heavy atom. The second kappa shape index (κ2) is 6.82. The van der Waals surface area contributed by atoms with Gasteiger partial charge in [0.1, 0.15) is 10.9 Å². The van der Waals surface area contributed by atoms with E-state index in [0.29, 0.717) is 15.8 Å². The second-order valence-corrected chi connectivity index (χ2v) is 7.49. The molecule has 2 heterocycles. The number of allylic oxidation sites excluding steroid dienone is 1. The minimum absolute atomic E-state index is 0.169. The van der Waals surface area contributed by atoms with Gasteiger partial charge in [-0.3, -0.25) is 4.79 Å². The molecule has 0 amide bonds. The Bertz CT molecular complexity index is 1180. The molecule has 0 radical (unpaired) electrons. The Morgan fingerprint density at radius 2 is 2.00 bits per heavy atom. The average molecular weight is 377 g/mol. The van der Waals surface area contributed by atoms with E-state index >= 15 is 0 Å². The van der Waals surface area contributed by atoms with Crippen LogP contribution in [0.1, 0.15) is 45.0 Å². The molecule has 3 aromatic rings. The van der Waals surface area contributed by atoms with E-state index in [-0.39, 0.29) is 22.5 Å². The maximum Gasteiger partial charge on any atom is 0.335 e. The minimum atomic E-state index is -1.01. The van der Waals surface area contributed by atoms with E-state index in [1.807, 2.05) is 0 Å². The highest BCUT2D eigenvalue weighted by Crippen LogP contribution is 2.33. The van der Waals surface area contributed by atoms with E-state index in [1.165, 1.54) is 28.3 Å². The fourth-order valence-electron chi connectivity index (χ4n) is 3.33. The lowest BCUT2D eigenvalue weighted by Gasteiger charge is -2.09. The van der Waals surface area contributed by atoms with Crippen LogP contribution < -0.4 is 5.56 Å².